The number of alkyl carbamates (subject to hydrolysis) is 1. The first-order valence-electron chi connectivity index (χ1n) is 12.9. The summed E-state index contributed by atoms with van der Waals surface area (Å²) in [6.07, 6.45) is 18.7. The number of amides is 1. The third-order valence-corrected chi connectivity index (χ3v) is 5.96. The molecule has 0 rings (SSSR count). The van der Waals surface area contributed by atoms with E-state index in [-0.39, 0.29) is 11.4 Å². The van der Waals surface area contributed by atoms with Crippen molar-refractivity contribution in [3.63, 3.8) is 0 Å². The van der Waals surface area contributed by atoms with Crippen LogP contribution in [0.3, 0.4) is 0 Å². The molecule has 0 aliphatic heterocycles. The number of nitrogens with one attached hydrogen (secondary N) is 1. The predicted molar refractivity (Wildman–Crippen MR) is 137 cm³/mol. The fourth-order valence-electron chi connectivity index (χ4n) is 3.34. The molecule has 1 unspecified atom stereocenters. The SMILES string of the molecule is CCCCCCCCCCCCCCCOC(=O)C(CCSC)NC(=O)OCC(C)(C)C. The number of esters is 1. The van der Waals surface area contributed by atoms with Crippen LogP contribution >= 0.6 is 11.8 Å². The summed E-state index contributed by atoms with van der Waals surface area (Å²) >= 11 is 1.64. The lowest BCUT2D eigenvalue weighted by atomic mass is 9.99. The summed E-state index contributed by atoms with van der Waals surface area (Å²) in [6.45, 7) is 8.98. The molecule has 0 bridgehead atoms. The number of unbranched alkanes of at least 4 members (excludes halogenated alkanes) is 12. The molecule has 0 heterocycles. The Morgan fingerprint density at radius 1 is 0.812 bits per heavy atom. The predicted octanol–water partition coefficient (Wildman–Crippen LogP) is 7.51. The summed E-state index contributed by atoms with van der Waals surface area (Å²) in [5, 5.41) is 2.67. The molecule has 1 atom stereocenters. The van der Waals surface area contributed by atoms with E-state index in [0.717, 1.165) is 18.6 Å². The third kappa shape index (κ3) is 21.0. The van der Waals surface area contributed by atoms with Gasteiger partial charge in [0.15, 0.2) is 0 Å². The van der Waals surface area contributed by atoms with Gasteiger partial charge in [-0.1, -0.05) is 105 Å². The van der Waals surface area contributed by atoms with Crippen molar-refractivity contribution in [1.82, 2.24) is 5.32 Å². The highest BCUT2D eigenvalue weighted by Gasteiger charge is 2.23. The number of thioether (sulfide) groups is 1. The fourth-order valence-corrected chi connectivity index (χ4v) is 3.82. The maximum Gasteiger partial charge on any atom is 0.407 e. The highest BCUT2D eigenvalue weighted by molar-refractivity contribution is 7.98. The Hall–Kier alpha value is -0.910. The van der Waals surface area contributed by atoms with Crippen LogP contribution in [0.5, 0.6) is 0 Å². The van der Waals surface area contributed by atoms with E-state index in [1.807, 2.05) is 27.0 Å². The van der Waals surface area contributed by atoms with Crippen LogP contribution in [-0.4, -0.2) is 43.3 Å². The van der Waals surface area contributed by atoms with Gasteiger partial charge in [0.25, 0.3) is 0 Å². The lowest BCUT2D eigenvalue weighted by Gasteiger charge is -2.21. The summed E-state index contributed by atoms with van der Waals surface area (Å²) < 4.78 is 10.7. The number of rotatable bonds is 20. The summed E-state index contributed by atoms with van der Waals surface area (Å²) in [5.41, 5.74) is -0.110. The zero-order valence-electron chi connectivity index (χ0n) is 21.6. The van der Waals surface area contributed by atoms with Crippen molar-refractivity contribution in [3.8, 4) is 0 Å². The normalized spacial score (nSPS) is 12.4. The number of ether oxygens (including phenoxy) is 2. The van der Waals surface area contributed by atoms with Gasteiger partial charge in [-0.05, 0) is 30.3 Å². The molecule has 0 aromatic rings. The molecule has 5 nitrogen and oxygen atoms in total. The van der Waals surface area contributed by atoms with E-state index < -0.39 is 12.1 Å². The Morgan fingerprint density at radius 2 is 1.31 bits per heavy atom. The summed E-state index contributed by atoms with van der Waals surface area (Å²) in [4.78, 5) is 24.4. The standard InChI is InChI=1S/C26H51NO4S/c1-6-7-8-9-10-11-12-13-14-15-16-17-18-20-30-24(28)23(19-21-32-5)27-25(29)31-22-26(2,3)4/h23H,6-22H2,1-5H3,(H,27,29). The second-order valence-corrected chi connectivity index (χ2v) is 11.0. The molecule has 0 saturated heterocycles. The van der Waals surface area contributed by atoms with Crippen molar-refractivity contribution in [1.29, 1.82) is 0 Å². The van der Waals surface area contributed by atoms with E-state index in [9.17, 15) is 9.59 Å². The summed E-state index contributed by atoms with van der Waals surface area (Å²) in [5.74, 6) is 0.420. The molecule has 0 aromatic carbocycles. The monoisotopic (exact) mass is 473 g/mol. The van der Waals surface area contributed by atoms with Crippen LogP contribution in [0.15, 0.2) is 0 Å². The Labute approximate surface area is 202 Å². The van der Waals surface area contributed by atoms with Crippen molar-refractivity contribution in [3.05, 3.63) is 0 Å². The molecule has 6 heteroatoms. The van der Waals surface area contributed by atoms with E-state index in [1.165, 1.54) is 70.6 Å². The Bertz CT molecular complexity index is 465. The molecular weight excluding hydrogens is 422 g/mol. The van der Waals surface area contributed by atoms with Crippen LogP contribution in [0.1, 0.15) is 118 Å². The molecule has 1 N–H and O–H groups in total. The molecule has 0 aliphatic rings. The quantitative estimate of drug-likeness (QED) is 0.146. The number of hydrogen-bond donors (Lipinski definition) is 1. The lowest BCUT2D eigenvalue weighted by Crippen LogP contribution is -2.43. The van der Waals surface area contributed by atoms with Crippen LogP contribution in [-0.2, 0) is 14.3 Å². The molecule has 0 saturated carbocycles. The molecular formula is C26H51NO4S. The van der Waals surface area contributed by atoms with E-state index in [1.54, 1.807) is 11.8 Å². The molecule has 190 valence electrons. The molecule has 0 spiro atoms. The van der Waals surface area contributed by atoms with Crippen LogP contribution < -0.4 is 5.32 Å². The highest BCUT2D eigenvalue weighted by Crippen LogP contribution is 2.14. The second-order valence-electron chi connectivity index (χ2n) is 10.0. The topological polar surface area (TPSA) is 64.6 Å². The second kappa shape index (κ2) is 20.7. The van der Waals surface area contributed by atoms with Crippen molar-refractivity contribution < 1.29 is 19.1 Å². The molecule has 0 fully saturated rings. The Morgan fingerprint density at radius 3 is 1.78 bits per heavy atom. The van der Waals surface area contributed by atoms with Gasteiger partial charge in [0.1, 0.15) is 6.04 Å². The van der Waals surface area contributed by atoms with Gasteiger partial charge in [0, 0.05) is 0 Å². The Balaban J connectivity index is 3.82. The van der Waals surface area contributed by atoms with E-state index in [2.05, 4.69) is 12.2 Å². The van der Waals surface area contributed by atoms with E-state index >= 15 is 0 Å². The zero-order valence-corrected chi connectivity index (χ0v) is 22.5. The number of carbonyl (C=O) groups is 2. The molecule has 0 aliphatic carbocycles. The average molecular weight is 474 g/mol. The van der Waals surface area contributed by atoms with E-state index in [0.29, 0.717) is 19.6 Å². The minimum atomic E-state index is -0.642. The maximum atomic E-state index is 12.4. The third-order valence-electron chi connectivity index (χ3n) is 5.32. The van der Waals surface area contributed by atoms with Gasteiger partial charge >= 0.3 is 12.1 Å². The molecule has 32 heavy (non-hydrogen) atoms. The minimum absolute atomic E-state index is 0.110. The van der Waals surface area contributed by atoms with Crippen molar-refractivity contribution in [2.24, 2.45) is 5.41 Å². The summed E-state index contributed by atoms with van der Waals surface area (Å²) in [7, 11) is 0. The molecule has 1 amide bonds. The summed E-state index contributed by atoms with van der Waals surface area (Å²) in [6, 6.07) is -0.642. The van der Waals surface area contributed by atoms with Gasteiger partial charge in [0.05, 0.1) is 13.2 Å². The van der Waals surface area contributed by atoms with Gasteiger partial charge in [0.2, 0.25) is 0 Å². The lowest BCUT2D eigenvalue weighted by molar-refractivity contribution is -0.146. The molecule has 0 radical (unpaired) electrons. The first-order chi connectivity index (χ1) is 15.3. The minimum Gasteiger partial charge on any atom is -0.464 e. The van der Waals surface area contributed by atoms with E-state index in [4.69, 9.17) is 9.47 Å². The van der Waals surface area contributed by atoms with Gasteiger partial charge in [-0.25, -0.2) is 9.59 Å². The van der Waals surface area contributed by atoms with Crippen molar-refractivity contribution in [2.75, 3.05) is 25.2 Å². The highest BCUT2D eigenvalue weighted by atomic mass is 32.2. The first kappa shape index (κ1) is 31.1. The van der Waals surface area contributed by atoms with Crippen molar-refractivity contribution in [2.45, 2.75) is 124 Å². The van der Waals surface area contributed by atoms with Gasteiger partial charge in [-0.15, -0.1) is 0 Å². The average Bonchev–Trinajstić information content (AvgIpc) is 2.74. The zero-order chi connectivity index (χ0) is 24.1. The van der Waals surface area contributed by atoms with Crippen LogP contribution in [0, 0.1) is 5.41 Å². The van der Waals surface area contributed by atoms with Crippen LogP contribution in [0.25, 0.3) is 0 Å². The Kier molecular flexibility index (Phi) is 20.1. The van der Waals surface area contributed by atoms with Crippen LogP contribution in [0.2, 0.25) is 0 Å². The van der Waals surface area contributed by atoms with Crippen LogP contribution in [0.4, 0.5) is 4.79 Å². The fraction of sp³-hybridized carbons (Fsp3) is 0.923. The van der Waals surface area contributed by atoms with Crippen molar-refractivity contribution >= 4 is 23.8 Å². The largest absolute Gasteiger partial charge is 0.464 e. The van der Waals surface area contributed by atoms with Gasteiger partial charge in [-0.3, -0.25) is 0 Å². The van der Waals surface area contributed by atoms with Gasteiger partial charge in [-0.2, -0.15) is 11.8 Å². The first-order valence-corrected chi connectivity index (χ1v) is 14.3. The number of carbonyl (C=O) groups excluding carboxylic acids is 2. The number of hydrogen-bond acceptors (Lipinski definition) is 5. The maximum absolute atomic E-state index is 12.4. The smallest absolute Gasteiger partial charge is 0.407 e. The molecule has 0 aromatic heterocycles. The van der Waals surface area contributed by atoms with Gasteiger partial charge < -0.3 is 14.8 Å².